The maximum atomic E-state index is 5.85. The summed E-state index contributed by atoms with van der Waals surface area (Å²) in [6.07, 6.45) is 0. The predicted molar refractivity (Wildman–Crippen MR) is 179 cm³/mol. The van der Waals surface area contributed by atoms with Crippen LogP contribution in [0.2, 0.25) is 0 Å². The number of benzene rings is 6. The van der Waals surface area contributed by atoms with Gasteiger partial charge in [0.1, 0.15) is 34.5 Å². The van der Waals surface area contributed by atoms with E-state index in [2.05, 4.69) is 86.6 Å². The molecule has 220 valence electrons. The number of methoxy groups -OCH3 is 2. The SMILES string of the molecule is COc1ccc(Oc2ccc(-c3ccc(C)cc3)cc2)cc1.COc1cccc(Oc2ccc(-c3ccc(C)cc3)cc2)c1. The van der Waals surface area contributed by atoms with Gasteiger partial charge in [-0.1, -0.05) is 90.0 Å². The first-order chi connectivity index (χ1) is 21.5. The van der Waals surface area contributed by atoms with Gasteiger partial charge in [0.25, 0.3) is 0 Å². The Labute approximate surface area is 260 Å². The third kappa shape index (κ3) is 8.30. The lowest BCUT2D eigenvalue weighted by Gasteiger charge is -2.08. The van der Waals surface area contributed by atoms with E-state index in [1.807, 2.05) is 72.8 Å². The summed E-state index contributed by atoms with van der Waals surface area (Å²) in [5.74, 6) is 4.80. The van der Waals surface area contributed by atoms with Crippen LogP contribution < -0.4 is 18.9 Å². The Kier molecular flexibility index (Phi) is 9.96. The highest BCUT2D eigenvalue weighted by Crippen LogP contribution is 2.29. The molecule has 0 unspecified atom stereocenters. The minimum atomic E-state index is 0.766. The van der Waals surface area contributed by atoms with Gasteiger partial charge in [-0.05, 0) is 96.8 Å². The average Bonchev–Trinajstić information content (AvgIpc) is 3.07. The molecule has 0 amide bonds. The summed E-state index contributed by atoms with van der Waals surface area (Å²) in [4.78, 5) is 0. The Bertz CT molecular complexity index is 1740. The molecule has 0 aliphatic carbocycles. The van der Waals surface area contributed by atoms with E-state index in [9.17, 15) is 0 Å². The van der Waals surface area contributed by atoms with Crippen LogP contribution in [0.4, 0.5) is 0 Å². The predicted octanol–water partition coefficient (Wildman–Crippen LogP) is 10.9. The summed E-state index contributed by atoms with van der Waals surface area (Å²) in [5.41, 5.74) is 7.31. The number of rotatable bonds is 8. The van der Waals surface area contributed by atoms with Crippen molar-refractivity contribution < 1.29 is 18.9 Å². The van der Waals surface area contributed by atoms with Crippen molar-refractivity contribution in [2.75, 3.05) is 14.2 Å². The highest BCUT2D eigenvalue weighted by molar-refractivity contribution is 5.65. The lowest BCUT2D eigenvalue weighted by atomic mass is 10.0. The monoisotopic (exact) mass is 580 g/mol. The molecule has 4 nitrogen and oxygen atoms in total. The normalized spacial score (nSPS) is 10.3. The fourth-order valence-electron chi connectivity index (χ4n) is 4.50. The van der Waals surface area contributed by atoms with Crippen molar-refractivity contribution in [2.45, 2.75) is 13.8 Å². The van der Waals surface area contributed by atoms with Crippen LogP contribution in [0.1, 0.15) is 11.1 Å². The fraction of sp³-hybridized carbons (Fsp3) is 0.100. The largest absolute Gasteiger partial charge is 0.497 e. The minimum Gasteiger partial charge on any atom is -0.497 e. The minimum absolute atomic E-state index is 0.766. The van der Waals surface area contributed by atoms with Crippen molar-refractivity contribution in [3.63, 3.8) is 0 Å². The lowest BCUT2D eigenvalue weighted by molar-refractivity contribution is 0.409. The van der Waals surface area contributed by atoms with Gasteiger partial charge in [-0.15, -0.1) is 0 Å². The van der Waals surface area contributed by atoms with Crippen LogP contribution in [0.5, 0.6) is 34.5 Å². The maximum Gasteiger partial charge on any atom is 0.131 e. The van der Waals surface area contributed by atoms with Gasteiger partial charge in [-0.2, -0.15) is 0 Å². The summed E-state index contributed by atoms with van der Waals surface area (Å²) in [6, 6.07) is 48.4. The van der Waals surface area contributed by atoms with Crippen LogP contribution in [-0.2, 0) is 0 Å². The molecule has 0 aliphatic heterocycles. The number of aryl methyl sites for hydroxylation is 2. The molecular weight excluding hydrogens is 544 g/mol. The van der Waals surface area contributed by atoms with Gasteiger partial charge in [0, 0.05) is 6.07 Å². The molecule has 0 heterocycles. The Balaban J connectivity index is 0.000000175. The topological polar surface area (TPSA) is 36.9 Å². The molecular formula is C40H36O4. The number of hydrogen-bond acceptors (Lipinski definition) is 4. The molecule has 0 radical (unpaired) electrons. The molecule has 4 heteroatoms. The maximum absolute atomic E-state index is 5.85. The van der Waals surface area contributed by atoms with Crippen LogP contribution in [0.3, 0.4) is 0 Å². The van der Waals surface area contributed by atoms with Crippen LogP contribution in [0, 0.1) is 13.8 Å². The van der Waals surface area contributed by atoms with Gasteiger partial charge in [-0.3, -0.25) is 0 Å². The third-order valence-corrected chi connectivity index (χ3v) is 7.05. The molecule has 44 heavy (non-hydrogen) atoms. The molecule has 0 spiro atoms. The highest BCUT2D eigenvalue weighted by atomic mass is 16.5. The van der Waals surface area contributed by atoms with E-state index in [4.69, 9.17) is 18.9 Å². The van der Waals surface area contributed by atoms with Crippen LogP contribution in [-0.4, -0.2) is 14.2 Å². The van der Waals surface area contributed by atoms with Gasteiger partial charge in [0.15, 0.2) is 0 Å². The van der Waals surface area contributed by atoms with E-state index >= 15 is 0 Å². The number of hydrogen-bond donors (Lipinski definition) is 0. The second-order valence-electron chi connectivity index (χ2n) is 10.3. The zero-order chi connectivity index (χ0) is 30.7. The Morgan fingerprint density at radius 2 is 0.636 bits per heavy atom. The van der Waals surface area contributed by atoms with Crippen LogP contribution in [0.25, 0.3) is 22.3 Å². The molecule has 0 saturated carbocycles. The first-order valence-corrected chi connectivity index (χ1v) is 14.5. The molecule has 0 bridgehead atoms. The van der Waals surface area contributed by atoms with E-state index in [-0.39, 0.29) is 0 Å². The summed E-state index contributed by atoms with van der Waals surface area (Å²) in [5, 5.41) is 0. The molecule has 0 saturated heterocycles. The molecule has 0 aromatic heterocycles. The summed E-state index contributed by atoms with van der Waals surface area (Å²) >= 11 is 0. The second-order valence-corrected chi connectivity index (χ2v) is 10.3. The van der Waals surface area contributed by atoms with Gasteiger partial charge in [-0.25, -0.2) is 0 Å². The van der Waals surface area contributed by atoms with Crippen molar-refractivity contribution in [1.82, 2.24) is 0 Å². The van der Waals surface area contributed by atoms with Crippen LogP contribution >= 0.6 is 0 Å². The Morgan fingerprint density at radius 3 is 1.05 bits per heavy atom. The summed E-state index contributed by atoms with van der Waals surface area (Å²) in [7, 11) is 3.30. The van der Waals surface area contributed by atoms with E-state index in [1.54, 1.807) is 14.2 Å². The molecule has 6 aromatic rings. The van der Waals surface area contributed by atoms with Crippen molar-refractivity contribution in [1.29, 1.82) is 0 Å². The molecule has 6 rings (SSSR count). The van der Waals surface area contributed by atoms with Gasteiger partial charge < -0.3 is 18.9 Å². The smallest absolute Gasteiger partial charge is 0.131 e. The van der Waals surface area contributed by atoms with Crippen molar-refractivity contribution in [3.05, 3.63) is 157 Å². The molecule has 0 N–H and O–H groups in total. The fourth-order valence-corrected chi connectivity index (χ4v) is 4.50. The molecule has 6 aromatic carbocycles. The number of ether oxygens (including phenoxy) is 4. The van der Waals surface area contributed by atoms with Gasteiger partial charge in [0.05, 0.1) is 14.2 Å². The van der Waals surface area contributed by atoms with E-state index in [0.29, 0.717) is 0 Å². The Hall–Kier alpha value is -5.48. The van der Waals surface area contributed by atoms with Gasteiger partial charge >= 0.3 is 0 Å². The van der Waals surface area contributed by atoms with Crippen molar-refractivity contribution >= 4 is 0 Å². The lowest BCUT2D eigenvalue weighted by Crippen LogP contribution is -1.87. The van der Waals surface area contributed by atoms with Gasteiger partial charge in [0.2, 0.25) is 0 Å². The molecule has 0 atom stereocenters. The second kappa shape index (κ2) is 14.6. The van der Waals surface area contributed by atoms with E-state index in [0.717, 1.165) is 34.5 Å². The first kappa shape index (κ1) is 30.0. The molecule has 0 aliphatic rings. The van der Waals surface area contributed by atoms with Crippen molar-refractivity contribution in [2.24, 2.45) is 0 Å². The third-order valence-electron chi connectivity index (χ3n) is 7.05. The standard InChI is InChI=1S/2C20H18O2/c1-15-3-5-16(6-4-15)17-7-9-19(10-8-17)22-20-13-11-18(21-2)12-14-20;1-15-6-8-16(9-7-15)17-10-12-18(13-11-17)22-20-5-3-4-19(14-20)21-2/h2*3-14H,1-2H3. The Morgan fingerprint density at radius 1 is 0.318 bits per heavy atom. The van der Waals surface area contributed by atoms with Crippen LogP contribution in [0.15, 0.2) is 146 Å². The van der Waals surface area contributed by atoms with Crippen molar-refractivity contribution in [3.8, 4) is 56.8 Å². The first-order valence-electron chi connectivity index (χ1n) is 14.5. The quantitative estimate of drug-likeness (QED) is 0.179. The summed E-state index contributed by atoms with van der Waals surface area (Å²) in [6.45, 7) is 4.18. The summed E-state index contributed by atoms with van der Waals surface area (Å²) < 4.78 is 22.0. The molecule has 0 fully saturated rings. The van der Waals surface area contributed by atoms with E-state index in [1.165, 1.54) is 33.4 Å². The average molecular weight is 581 g/mol. The van der Waals surface area contributed by atoms with E-state index < -0.39 is 0 Å². The zero-order valence-electron chi connectivity index (χ0n) is 25.5. The zero-order valence-corrected chi connectivity index (χ0v) is 25.5. The highest BCUT2D eigenvalue weighted by Gasteiger charge is 2.03.